The quantitative estimate of drug-likeness (QED) is 0.569. The summed E-state index contributed by atoms with van der Waals surface area (Å²) in [4.78, 5) is 11.7. The Morgan fingerprint density at radius 2 is 1.48 bits per heavy atom. The van der Waals surface area contributed by atoms with Gasteiger partial charge in [-0.15, -0.1) is 0 Å². The highest BCUT2D eigenvalue weighted by atomic mass is 32.2. The first-order chi connectivity index (χ1) is 14.7. The molecule has 162 valence electrons. The molecule has 31 heavy (non-hydrogen) atoms. The van der Waals surface area contributed by atoms with E-state index in [1.165, 1.54) is 26.4 Å². The van der Waals surface area contributed by atoms with Crippen molar-refractivity contribution in [3.05, 3.63) is 77.9 Å². The van der Waals surface area contributed by atoms with Crippen molar-refractivity contribution in [3.63, 3.8) is 0 Å². The lowest BCUT2D eigenvalue weighted by molar-refractivity contribution is 0.102. The van der Waals surface area contributed by atoms with Crippen molar-refractivity contribution in [2.75, 3.05) is 24.3 Å². The van der Waals surface area contributed by atoms with Crippen LogP contribution in [0, 0.1) is 11.6 Å². The summed E-state index contributed by atoms with van der Waals surface area (Å²) in [6.07, 6.45) is 0. The first-order valence-corrected chi connectivity index (χ1v) is 10.3. The normalized spacial score (nSPS) is 11.0. The van der Waals surface area contributed by atoms with Gasteiger partial charge in [-0.3, -0.25) is 9.52 Å². The molecule has 0 spiro atoms. The molecular formula is C21H18F2N2O5S. The molecule has 7 nitrogen and oxygen atoms in total. The van der Waals surface area contributed by atoms with Crippen molar-refractivity contribution >= 4 is 27.3 Å². The minimum atomic E-state index is -4.41. The number of hydrogen-bond donors (Lipinski definition) is 2. The van der Waals surface area contributed by atoms with Crippen LogP contribution in [0.15, 0.2) is 65.6 Å². The Morgan fingerprint density at radius 1 is 0.871 bits per heavy atom. The third-order valence-electron chi connectivity index (χ3n) is 4.23. The van der Waals surface area contributed by atoms with Gasteiger partial charge in [-0.2, -0.15) is 0 Å². The summed E-state index contributed by atoms with van der Waals surface area (Å²) < 4.78 is 65.0. The van der Waals surface area contributed by atoms with Crippen LogP contribution in [-0.4, -0.2) is 28.5 Å². The fourth-order valence-electron chi connectivity index (χ4n) is 2.75. The van der Waals surface area contributed by atoms with Crippen LogP contribution >= 0.6 is 0 Å². The Bertz CT molecular complexity index is 1220. The molecule has 0 saturated carbocycles. The lowest BCUT2D eigenvalue weighted by atomic mass is 10.2. The molecule has 0 aliphatic carbocycles. The van der Waals surface area contributed by atoms with Gasteiger partial charge < -0.3 is 14.8 Å². The van der Waals surface area contributed by atoms with Crippen LogP contribution in [-0.2, 0) is 10.0 Å². The number of amides is 1. The Morgan fingerprint density at radius 3 is 2.10 bits per heavy atom. The number of hydrogen-bond acceptors (Lipinski definition) is 5. The number of ether oxygens (including phenoxy) is 2. The van der Waals surface area contributed by atoms with E-state index in [-0.39, 0.29) is 22.9 Å². The maximum Gasteiger partial charge on any atom is 0.264 e. The topological polar surface area (TPSA) is 93.7 Å². The number of benzene rings is 3. The zero-order valence-corrected chi connectivity index (χ0v) is 17.3. The second-order valence-electron chi connectivity index (χ2n) is 6.25. The molecule has 3 aromatic rings. The number of anilines is 2. The summed E-state index contributed by atoms with van der Waals surface area (Å²) in [5.74, 6) is -2.40. The van der Waals surface area contributed by atoms with E-state index in [4.69, 9.17) is 9.47 Å². The van der Waals surface area contributed by atoms with Crippen molar-refractivity contribution in [1.29, 1.82) is 0 Å². The Balaban J connectivity index is 1.95. The number of halogens is 2. The second kappa shape index (κ2) is 9.00. The van der Waals surface area contributed by atoms with E-state index >= 15 is 0 Å². The molecular weight excluding hydrogens is 430 g/mol. The molecule has 3 aromatic carbocycles. The van der Waals surface area contributed by atoms with Gasteiger partial charge in [0.05, 0.1) is 25.6 Å². The minimum Gasteiger partial charge on any atom is -0.494 e. The summed E-state index contributed by atoms with van der Waals surface area (Å²) in [6.45, 7) is 0. The first-order valence-electron chi connectivity index (χ1n) is 8.85. The lowest BCUT2D eigenvalue weighted by Gasteiger charge is -2.17. The molecule has 0 bridgehead atoms. The fourth-order valence-corrected chi connectivity index (χ4v) is 3.87. The highest BCUT2D eigenvalue weighted by Gasteiger charge is 2.23. The van der Waals surface area contributed by atoms with E-state index in [0.29, 0.717) is 11.6 Å². The standard InChI is InChI=1S/C21H18F2N2O5S/c1-29-18-12-17(25-31(27,28)20-9-8-14(22)10-15(20)23)19(30-2)11-16(18)24-21(26)13-6-4-3-5-7-13/h3-12,25H,1-2H3,(H,24,26). The van der Waals surface area contributed by atoms with Crippen molar-refractivity contribution < 1.29 is 31.5 Å². The minimum absolute atomic E-state index is 0.0373. The Kier molecular flexibility index (Phi) is 6.40. The lowest BCUT2D eigenvalue weighted by Crippen LogP contribution is -2.16. The second-order valence-corrected chi connectivity index (χ2v) is 7.90. The maximum absolute atomic E-state index is 14.0. The number of rotatable bonds is 7. The average Bonchev–Trinajstić information content (AvgIpc) is 2.74. The van der Waals surface area contributed by atoms with E-state index in [1.807, 2.05) is 0 Å². The largest absolute Gasteiger partial charge is 0.494 e. The third kappa shape index (κ3) is 4.92. The van der Waals surface area contributed by atoms with Crippen LogP contribution in [0.25, 0.3) is 0 Å². The SMILES string of the molecule is COc1cc(NS(=O)(=O)c2ccc(F)cc2F)c(OC)cc1NC(=O)c1ccccc1. The van der Waals surface area contributed by atoms with Gasteiger partial charge in [-0.25, -0.2) is 17.2 Å². The van der Waals surface area contributed by atoms with E-state index < -0.39 is 32.5 Å². The molecule has 3 rings (SSSR count). The van der Waals surface area contributed by atoms with Crippen LogP contribution in [0.5, 0.6) is 11.5 Å². The maximum atomic E-state index is 14.0. The molecule has 0 radical (unpaired) electrons. The molecule has 0 heterocycles. The summed E-state index contributed by atoms with van der Waals surface area (Å²) in [5.41, 5.74) is 0.560. The zero-order chi connectivity index (χ0) is 22.6. The number of nitrogens with one attached hydrogen (secondary N) is 2. The van der Waals surface area contributed by atoms with Crippen LogP contribution in [0.3, 0.4) is 0 Å². The van der Waals surface area contributed by atoms with E-state index in [9.17, 15) is 22.0 Å². The molecule has 0 fully saturated rings. The molecule has 0 aliphatic rings. The highest BCUT2D eigenvalue weighted by Crippen LogP contribution is 2.38. The summed E-state index contributed by atoms with van der Waals surface area (Å²) in [6, 6.07) is 13.2. The van der Waals surface area contributed by atoms with Gasteiger partial charge >= 0.3 is 0 Å². The number of sulfonamides is 1. The van der Waals surface area contributed by atoms with Gasteiger partial charge in [0.25, 0.3) is 15.9 Å². The van der Waals surface area contributed by atoms with Crippen molar-refractivity contribution in [2.45, 2.75) is 4.90 Å². The molecule has 0 aromatic heterocycles. The zero-order valence-electron chi connectivity index (χ0n) is 16.5. The number of carbonyl (C=O) groups is 1. The molecule has 10 heteroatoms. The van der Waals surface area contributed by atoms with Crippen molar-refractivity contribution in [3.8, 4) is 11.5 Å². The van der Waals surface area contributed by atoms with E-state index in [1.54, 1.807) is 30.3 Å². The van der Waals surface area contributed by atoms with Crippen LogP contribution in [0.4, 0.5) is 20.2 Å². The molecule has 0 aliphatic heterocycles. The third-order valence-corrected chi connectivity index (χ3v) is 5.63. The van der Waals surface area contributed by atoms with Crippen LogP contribution in [0.1, 0.15) is 10.4 Å². The Labute approximate surface area is 177 Å². The molecule has 1 amide bonds. The van der Waals surface area contributed by atoms with Gasteiger partial charge in [0.15, 0.2) is 0 Å². The summed E-state index contributed by atoms with van der Waals surface area (Å²) in [7, 11) is -1.79. The number of carbonyl (C=O) groups excluding carboxylic acids is 1. The predicted octanol–water partition coefficient (Wildman–Crippen LogP) is 4.04. The molecule has 0 unspecified atom stereocenters. The summed E-state index contributed by atoms with van der Waals surface area (Å²) >= 11 is 0. The first kappa shape index (κ1) is 22.0. The highest BCUT2D eigenvalue weighted by molar-refractivity contribution is 7.92. The average molecular weight is 448 g/mol. The van der Waals surface area contributed by atoms with E-state index in [2.05, 4.69) is 10.0 Å². The smallest absolute Gasteiger partial charge is 0.264 e. The molecule has 2 N–H and O–H groups in total. The van der Waals surface area contributed by atoms with Crippen molar-refractivity contribution in [2.24, 2.45) is 0 Å². The fraction of sp³-hybridized carbons (Fsp3) is 0.0952. The van der Waals surface area contributed by atoms with Crippen molar-refractivity contribution in [1.82, 2.24) is 0 Å². The predicted molar refractivity (Wildman–Crippen MR) is 111 cm³/mol. The Hall–Kier alpha value is -3.66. The van der Waals surface area contributed by atoms with Crippen LogP contribution in [0.2, 0.25) is 0 Å². The van der Waals surface area contributed by atoms with Crippen LogP contribution < -0.4 is 19.5 Å². The van der Waals surface area contributed by atoms with Gasteiger partial charge in [-0.1, -0.05) is 18.2 Å². The monoisotopic (exact) mass is 448 g/mol. The summed E-state index contributed by atoms with van der Waals surface area (Å²) in [5, 5.41) is 2.67. The van der Waals surface area contributed by atoms with Gasteiger partial charge in [0, 0.05) is 23.8 Å². The van der Waals surface area contributed by atoms with Gasteiger partial charge in [0.1, 0.15) is 28.0 Å². The van der Waals surface area contributed by atoms with Gasteiger partial charge in [-0.05, 0) is 24.3 Å². The number of methoxy groups -OCH3 is 2. The molecule has 0 atom stereocenters. The molecule has 0 saturated heterocycles. The van der Waals surface area contributed by atoms with Gasteiger partial charge in [0.2, 0.25) is 0 Å². The van der Waals surface area contributed by atoms with E-state index in [0.717, 1.165) is 12.1 Å².